The van der Waals surface area contributed by atoms with Gasteiger partial charge in [0.15, 0.2) is 11.0 Å². The van der Waals surface area contributed by atoms with Gasteiger partial charge in [0.25, 0.3) is 0 Å². The summed E-state index contributed by atoms with van der Waals surface area (Å²) < 4.78 is 1.98. The molecular weight excluding hydrogens is 466 g/mol. The summed E-state index contributed by atoms with van der Waals surface area (Å²) in [6.07, 6.45) is 0. The van der Waals surface area contributed by atoms with E-state index in [2.05, 4.69) is 39.9 Å². The topological polar surface area (TPSA) is 71.8 Å². The number of carbonyl (C=O) groups is 1. The highest BCUT2D eigenvalue weighted by molar-refractivity contribution is 7.98. The Balaban J connectivity index is 1.63. The standard InChI is InChI=1S/C26H26ClN5OS/c1-17-9-7-8-10-20(17)16-34-26-31-30-24(32(26)23-15-21(27)14-13-18(23)2)19(3)28-25(33)29-22-11-5-4-6-12-22/h4-15,19H,16H2,1-3H3,(H2,28,29,33). The highest BCUT2D eigenvalue weighted by atomic mass is 35.5. The average Bonchev–Trinajstić information content (AvgIpc) is 3.24. The fourth-order valence-electron chi connectivity index (χ4n) is 3.57. The summed E-state index contributed by atoms with van der Waals surface area (Å²) in [6, 6.07) is 22.6. The lowest BCUT2D eigenvalue weighted by atomic mass is 10.1. The molecule has 0 radical (unpaired) electrons. The predicted octanol–water partition coefficient (Wildman–Crippen LogP) is 6.71. The molecular formula is C26H26ClN5OS. The van der Waals surface area contributed by atoms with Crippen LogP contribution >= 0.6 is 23.4 Å². The van der Waals surface area contributed by atoms with Gasteiger partial charge in [0, 0.05) is 16.5 Å². The Hall–Kier alpha value is -3.29. The van der Waals surface area contributed by atoms with E-state index in [-0.39, 0.29) is 6.03 Å². The Labute approximate surface area is 208 Å². The van der Waals surface area contributed by atoms with Crippen LogP contribution in [0.1, 0.15) is 35.5 Å². The first kappa shape index (κ1) is 23.9. The maximum Gasteiger partial charge on any atom is 0.319 e. The van der Waals surface area contributed by atoms with E-state index in [1.54, 1.807) is 11.8 Å². The summed E-state index contributed by atoms with van der Waals surface area (Å²) in [5, 5.41) is 16.1. The van der Waals surface area contributed by atoms with E-state index in [4.69, 9.17) is 11.6 Å². The number of urea groups is 1. The molecule has 0 saturated heterocycles. The molecule has 174 valence electrons. The molecule has 2 amide bonds. The Morgan fingerprint density at radius 2 is 1.74 bits per heavy atom. The molecule has 1 heterocycles. The minimum Gasteiger partial charge on any atom is -0.328 e. The van der Waals surface area contributed by atoms with Crippen molar-refractivity contribution in [2.75, 3.05) is 5.32 Å². The zero-order valence-electron chi connectivity index (χ0n) is 19.2. The Morgan fingerprint density at radius 3 is 2.50 bits per heavy atom. The molecule has 34 heavy (non-hydrogen) atoms. The number of hydrogen-bond donors (Lipinski definition) is 2. The number of thioether (sulfide) groups is 1. The van der Waals surface area contributed by atoms with Crippen LogP contribution in [0.4, 0.5) is 10.5 Å². The minimum atomic E-state index is -0.401. The fraction of sp³-hybridized carbons (Fsp3) is 0.192. The number of anilines is 1. The number of aryl methyl sites for hydroxylation is 2. The Morgan fingerprint density at radius 1 is 1.00 bits per heavy atom. The van der Waals surface area contributed by atoms with Crippen LogP contribution < -0.4 is 10.6 Å². The third-order valence-corrected chi connectivity index (χ3v) is 6.67. The van der Waals surface area contributed by atoms with Crippen molar-refractivity contribution >= 4 is 35.1 Å². The molecule has 0 spiro atoms. The molecule has 0 saturated carbocycles. The van der Waals surface area contributed by atoms with Crippen molar-refractivity contribution in [3.8, 4) is 5.69 Å². The summed E-state index contributed by atoms with van der Waals surface area (Å²) in [5.41, 5.74) is 5.10. The maximum atomic E-state index is 12.6. The lowest BCUT2D eigenvalue weighted by Crippen LogP contribution is -2.32. The molecule has 0 aliphatic carbocycles. The molecule has 3 aromatic carbocycles. The van der Waals surface area contributed by atoms with E-state index in [0.29, 0.717) is 16.5 Å². The van der Waals surface area contributed by atoms with Gasteiger partial charge in [-0.3, -0.25) is 4.57 Å². The van der Waals surface area contributed by atoms with Crippen molar-refractivity contribution in [2.24, 2.45) is 0 Å². The molecule has 8 heteroatoms. The molecule has 2 N–H and O–H groups in total. The van der Waals surface area contributed by atoms with Crippen LogP contribution in [0.15, 0.2) is 78.0 Å². The number of nitrogens with zero attached hydrogens (tertiary/aromatic N) is 3. The highest BCUT2D eigenvalue weighted by Gasteiger charge is 2.22. The van der Waals surface area contributed by atoms with Gasteiger partial charge in [-0.15, -0.1) is 10.2 Å². The van der Waals surface area contributed by atoms with Gasteiger partial charge < -0.3 is 10.6 Å². The number of benzene rings is 3. The van der Waals surface area contributed by atoms with Crippen LogP contribution in [0.25, 0.3) is 5.69 Å². The van der Waals surface area contributed by atoms with E-state index in [0.717, 1.165) is 22.2 Å². The van der Waals surface area contributed by atoms with E-state index in [9.17, 15) is 4.79 Å². The molecule has 1 aromatic heterocycles. The van der Waals surface area contributed by atoms with E-state index in [1.165, 1.54) is 11.1 Å². The monoisotopic (exact) mass is 491 g/mol. The number of carbonyl (C=O) groups excluding carboxylic acids is 1. The molecule has 6 nitrogen and oxygen atoms in total. The third kappa shape index (κ3) is 5.61. The van der Waals surface area contributed by atoms with Crippen LogP contribution in [0.5, 0.6) is 0 Å². The van der Waals surface area contributed by atoms with Gasteiger partial charge in [0.1, 0.15) is 0 Å². The second-order valence-corrected chi connectivity index (χ2v) is 9.39. The second-order valence-electron chi connectivity index (χ2n) is 8.01. The minimum absolute atomic E-state index is 0.315. The molecule has 0 aliphatic heterocycles. The van der Waals surface area contributed by atoms with E-state index < -0.39 is 6.04 Å². The first-order valence-corrected chi connectivity index (χ1v) is 12.3. The van der Waals surface area contributed by atoms with Crippen LogP contribution in [0.3, 0.4) is 0 Å². The van der Waals surface area contributed by atoms with Crippen LogP contribution in [0.2, 0.25) is 5.02 Å². The number of amides is 2. The smallest absolute Gasteiger partial charge is 0.319 e. The quantitative estimate of drug-likeness (QED) is 0.282. The number of hydrogen-bond acceptors (Lipinski definition) is 4. The lowest BCUT2D eigenvalue weighted by Gasteiger charge is -2.18. The molecule has 1 unspecified atom stereocenters. The van der Waals surface area contributed by atoms with Gasteiger partial charge in [-0.2, -0.15) is 0 Å². The fourth-order valence-corrected chi connectivity index (χ4v) is 4.76. The van der Waals surface area contributed by atoms with Crippen LogP contribution in [0, 0.1) is 13.8 Å². The summed E-state index contributed by atoms with van der Waals surface area (Å²) in [6.45, 7) is 6.01. The van der Waals surface area contributed by atoms with Gasteiger partial charge in [-0.1, -0.05) is 71.9 Å². The molecule has 4 aromatic rings. The Kier molecular flexibility index (Phi) is 7.55. The number of aromatic nitrogens is 3. The van der Waals surface area contributed by atoms with Gasteiger partial charge in [-0.25, -0.2) is 4.79 Å². The molecule has 0 fully saturated rings. The van der Waals surface area contributed by atoms with Crippen molar-refractivity contribution in [1.82, 2.24) is 20.1 Å². The zero-order chi connectivity index (χ0) is 24.1. The first-order chi connectivity index (χ1) is 16.4. The van der Waals surface area contributed by atoms with Gasteiger partial charge >= 0.3 is 6.03 Å². The number of nitrogens with one attached hydrogen (secondary N) is 2. The van der Waals surface area contributed by atoms with Crippen molar-refractivity contribution in [2.45, 2.75) is 37.7 Å². The summed E-state index contributed by atoms with van der Waals surface area (Å²) in [4.78, 5) is 12.6. The van der Waals surface area contributed by atoms with Crippen LogP contribution in [-0.2, 0) is 5.75 Å². The molecule has 0 aliphatic rings. The van der Waals surface area contributed by atoms with Crippen molar-refractivity contribution < 1.29 is 4.79 Å². The molecule has 0 bridgehead atoms. The Bertz CT molecular complexity index is 1290. The number of para-hydroxylation sites is 1. The predicted molar refractivity (Wildman–Crippen MR) is 139 cm³/mol. The first-order valence-electron chi connectivity index (χ1n) is 10.9. The molecule has 4 rings (SSSR count). The summed E-state index contributed by atoms with van der Waals surface area (Å²) >= 11 is 7.95. The zero-order valence-corrected chi connectivity index (χ0v) is 20.8. The second kappa shape index (κ2) is 10.8. The lowest BCUT2D eigenvalue weighted by molar-refractivity contribution is 0.249. The number of rotatable bonds is 7. The van der Waals surface area contributed by atoms with E-state index in [1.807, 2.05) is 79.1 Å². The van der Waals surface area contributed by atoms with Crippen LogP contribution in [-0.4, -0.2) is 20.8 Å². The van der Waals surface area contributed by atoms with Crippen molar-refractivity contribution in [3.05, 3.63) is 100 Å². The van der Waals surface area contributed by atoms with Gasteiger partial charge in [-0.05, 0) is 61.7 Å². The highest BCUT2D eigenvalue weighted by Crippen LogP contribution is 2.31. The largest absolute Gasteiger partial charge is 0.328 e. The van der Waals surface area contributed by atoms with E-state index >= 15 is 0 Å². The third-order valence-electron chi connectivity index (χ3n) is 5.46. The van der Waals surface area contributed by atoms with Crippen molar-refractivity contribution in [1.29, 1.82) is 0 Å². The van der Waals surface area contributed by atoms with Gasteiger partial charge in [0.05, 0.1) is 11.7 Å². The summed E-state index contributed by atoms with van der Waals surface area (Å²) in [7, 11) is 0. The molecule has 1 atom stereocenters. The average molecular weight is 492 g/mol. The van der Waals surface area contributed by atoms with Crippen molar-refractivity contribution in [3.63, 3.8) is 0 Å². The van der Waals surface area contributed by atoms with Gasteiger partial charge in [0.2, 0.25) is 0 Å². The number of halogens is 1. The normalized spacial score (nSPS) is 11.8. The summed E-state index contributed by atoms with van der Waals surface area (Å²) in [5.74, 6) is 1.38. The SMILES string of the molecule is Cc1ccccc1CSc1nnc(C(C)NC(=O)Nc2ccccc2)n1-c1cc(Cl)ccc1C. The maximum absolute atomic E-state index is 12.6.